The van der Waals surface area contributed by atoms with Gasteiger partial charge in [-0.2, -0.15) is 0 Å². The number of unbranched alkanes of at least 4 members (excludes halogenated alkanes) is 3. The first kappa shape index (κ1) is 27.0. The van der Waals surface area contributed by atoms with Crippen molar-refractivity contribution in [2.24, 2.45) is 17.8 Å². The van der Waals surface area contributed by atoms with Gasteiger partial charge in [0.15, 0.2) is 0 Å². The van der Waals surface area contributed by atoms with Crippen LogP contribution in [0.1, 0.15) is 72.1 Å². The van der Waals surface area contributed by atoms with Crippen molar-refractivity contribution in [1.29, 1.82) is 0 Å². The predicted molar refractivity (Wildman–Crippen MR) is 119 cm³/mol. The molecular formula is C24H39NO6. The number of imide groups is 1. The van der Waals surface area contributed by atoms with Crippen molar-refractivity contribution in [3.05, 3.63) is 24.3 Å². The highest BCUT2D eigenvalue weighted by atomic mass is 16.5. The third-order valence-electron chi connectivity index (χ3n) is 5.69. The first-order chi connectivity index (χ1) is 14.8. The summed E-state index contributed by atoms with van der Waals surface area (Å²) in [6.07, 6.45) is 11.6. The summed E-state index contributed by atoms with van der Waals surface area (Å²) in [6, 6.07) is 0. The molecule has 0 aromatic carbocycles. The summed E-state index contributed by atoms with van der Waals surface area (Å²) >= 11 is 0. The molecule has 31 heavy (non-hydrogen) atoms. The Balaban J connectivity index is 2.39. The molecule has 7 heteroatoms. The van der Waals surface area contributed by atoms with Crippen molar-refractivity contribution in [2.45, 2.75) is 84.3 Å². The lowest BCUT2D eigenvalue weighted by atomic mass is 9.89. The van der Waals surface area contributed by atoms with E-state index in [1.807, 2.05) is 30.5 Å². The van der Waals surface area contributed by atoms with E-state index in [0.29, 0.717) is 12.8 Å². The van der Waals surface area contributed by atoms with Crippen LogP contribution in [-0.4, -0.2) is 46.8 Å². The molecule has 1 fully saturated rings. The second-order valence-electron chi connectivity index (χ2n) is 8.44. The number of rotatable bonds is 13. The number of carbonyl (C=O) groups is 3. The summed E-state index contributed by atoms with van der Waals surface area (Å²) in [7, 11) is 0. The Labute approximate surface area is 185 Å². The standard InChI is InChI=1S/C24H39NO6/c1-4-5-11-17(2)21(27)14-13-20-19(22(28)16-23(20)29)12-9-7-6-8-10-15-31-24(30)25-18(3)26/h7,9,13-14,17,19-21,23,27,29H,4-6,8,10-12,15-16H2,1-3H3,(H,25,26,30)/b9-7-,14-13+/t17?,19-,20-,21-,23-/m1/s1. The molecule has 1 aliphatic carbocycles. The van der Waals surface area contributed by atoms with Gasteiger partial charge in [-0.05, 0) is 38.0 Å². The number of Topliss-reactive ketones (excluding diaryl/α,β-unsaturated/α-hetero) is 1. The number of aliphatic hydroxyl groups excluding tert-OH is 2. The Morgan fingerprint density at radius 3 is 2.68 bits per heavy atom. The molecule has 0 heterocycles. The largest absolute Gasteiger partial charge is 0.449 e. The van der Waals surface area contributed by atoms with Gasteiger partial charge in [0, 0.05) is 25.2 Å². The van der Waals surface area contributed by atoms with Gasteiger partial charge in [-0.3, -0.25) is 14.9 Å². The molecule has 0 aromatic rings. The van der Waals surface area contributed by atoms with E-state index in [9.17, 15) is 24.6 Å². The van der Waals surface area contributed by atoms with E-state index in [1.54, 1.807) is 6.08 Å². The fraction of sp³-hybridized carbons (Fsp3) is 0.708. The van der Waals surface area contributed by atoms with Gasteiger partial charge >= 0.3 is 6.09 Å². The van der Waals surface area contributed by atoms with Crippen molar-refractivity contribution in [3.63, 3.8) is 0 Å². The first-order valence-electron chi connectivity index (χ1n) is 11.4. The zero-order valence-electron chi connectivity index (χ0n) is 19.1. The Bertz CT molecular complexity index is 630. The number of carbonyl (C=O) groups excluding carboxylic acids is 3. The molecule has 3 N–H and O–H groups in total. The van der Waals surface area contributed by atoms with Crippen LogP contribution in [0, 0.1) is 17.8 Å². The van der Waals surface area contributed by atoms with Gasteiger partial charge in [0.1, 0.15) is 5.78 Å². The molecule has 1 unspecified atom stereocenters. The Morgan fingerprint density at radius 2 is 2.00 bits per heavy atom. The van der Waals surface area contributed by atoms with Crippen molar-refractivity contribution in [1.82, 2.24) is 5.32 Å². The average Bonchev–Trinajstić information content (AvgIpc) is 2.97. The third kappa shape index (κ3) is 10.7. The van der Waals surface area contributed by atoms with Crippen LogP contribution in [0.2, 0.25) is 0 Å². The van der Waals surface area contributed by atoms with Crippen molar-refractivity contribution in [3.8, 4) is 0 Å². The van der Waals surface area contributed by atoms with Gasteiger partial charge in [0.05, 0.1) is 18.8 Å². The summed E-state index contributed by atoms with van der Waals surface area (Å²) in [6.45, 7) is 5.63. The first-order valence-corrected chi connectivity index (χ1v) is 11.4. The minimum absolute atomic E-state index is 0.0604. The number of hydrogen-bond donors (Lipinski definition) is 3. The van der Waals surface area contributed by atoms with E-state index in [4.69, 9.17) is 4.74 Å². The average molecular weight is 438 g/mol. The van der Waals surface area contributed by atoms with Gasteiger partial charge in [-0.15, -0.1) is 0 Å². The molecule has 0 radical (unpaired) electrons. The van der Waals surface area contributed by atoms with Crippen LogP contribution in [-0.2, 0) is 14.3 Å². The zero-order valence-corrected chi connectivity index (χ0v) is 19.1. The summed E-state index contributed by atoms with van der Waals surface area (Å²) in [5.74, 6) is -0.766. The maximum absolute atomic E-state index is 12.3. The molecule has 0 spiro atoms. The SMILES string of the molecule is CCCCC(C)[C@H](O)/C=C/[C@H]1[C@H](O)CC(=O)[C@@H]1C/C=C\CCCCOC(=O)NC(C)=O. The molecule has 5 atom stereocenters. The smallest absolute Gasteiger partial charge is 0.413 e. The van der Waals surface area contributed by atoms with Gasteiger partial charge in [-0.1, -0.05) is 51.0 Å². The molecule has 1 saturated carbocycles. The number of hydrogen-bond acceptors (Lipinski definition) is 6. The molecule has 0 bridgehead atoms. The lowest BCUT2D eigenvalue weighted by molar-refractivity contribution is -0.121. The van der Waals surface area contributed by atoms with E-state index in [1.165, 1.54) is 6.92 Å². The van der Waals surface area contributed by atoms with Gasteiger partial charge in [0.2, 0.25) is 5.91 Å². The van der Waals surface area contributed by atoms with Crippen molar-refractivity contribution in [2.75, 3.05) is 6.61 Å². The number of ketones is 1. The number of allylic oxidation sites excluding steroid dienone is 2. The molecule has 0 saturated heterocycles. The van der Waals surface area contributed by atoms with Gasteiger partial charge in [0.25, 0.3) is 0 Å². The third-order valence-corrected chi connectivity index (χ3v) is 5.69. The summed E-state index contributed by atoms with van der Waals surface area (Å²) in [5, 5.41) is 22.6. The second kappa shape index (κ2) is 14.9. The van der Waals surface area contributed by atoms with Crippen LogP contribution in [0.3, 0.4) is 0 Å². The van der Waals surface area contributed by atoms with Gasteiger partial charge < -0.3 is 14.9 Å². The Morgan fingerprint density at radius 1 is 1.26 bits per heavy atom. The number of aliphatic hydroxyl groups is 2. The normalized spacial score (nSPS) is 23.4. The van der Waals surface area contributed by atoms with Crippen molar-refractivity contribution >= 4 is 17.8 Å². The van der Waals surface area contributed by atoms with Crippen LogP contribution < -0.4 is 5.32 Å². The Kier molecular flexibility index (Phi) is 13.0. The molecule has 176 valence electrons. The van der Waals surface area contributed by atoms with Crippen LogP contribution in [0.25, 0.3) is 0 Å². The van der Waals surface area contributed by atoms with E-state index in [0.717, 1.165) is 32.1 Å². The van der Waals surface area contributed by atoms with Crippen LogP contribution in [0.15, 0.2) is 24.3 Å². The lowest BCUT2D eigenvalue weighted by Crippen LogP contribution is -2.28. The molecule has 1 aliphatic rings. The van der Waals surface area contributed by atoms with E-state index < -0.39 is 24.2 Å². The topological polar surface area (TPSA) is 113 Å². The summed E-state index contributed by atoms with van der Waals surface area (Å²) in [5.41, 5.74) is 0. The summed E-state index contributed by atoms with van der Waals surface area (Å²) in [4.78, 5) is 34.2. The maximum atomic E-state index is 12.3. The highest BCUT2D eigenvalue weighted by molar-refractivity contribution is 5.90. The van der Waals surface area contributed by atoms with Gasteiger partial charge in [-0.25, -0.2) is 4.79 Å². The number of amides is 2. The maximum Gasteiger partial charge on any atom is 0.413 e. The molecule has 0 aliphatic heterocycles. The predicted octanol–water partition coefficient (Wildman–Crippen LogP) is 3.69. The fourth-order valence-corrected chi connectivity index (χ4v) is 3.73. The molecular weight excluding hydrogens is 398 g/mol. The second-order valence-corrected chi connectivity index (χ2v) is 8.44. The highest BCUT2D eigenvalue weighted by Crippen LogP contribution is 2.33. The zero-order chi connectivity index (χ0) is 23.2. The minimum Gasteiger partial charge on any atom is -0.449 e. The number of nitrogens with one attached hydrogen (secondary N) is 1. The minimum atomic E-state index is -0.731. The molecule has 2 amide bonds. The van der Waals surface area contributed by atoms with Crippen LogP contribution in [0.4, 0.5) is 4.79 Å². The molecule has 1 rings (SSSR count). The highest BCUT2D eigenvalue weighted by Gasteiger charge is 2.39. The van der Waals surface area contributed by atoms with Crippen molar-refractivity contribution < 1.29 is 29.3 Å². The lowest BCUT2D eigenvalue weighted by Gasteiger charge is -2.19. The molecule has 0 aromatic heterocycles. The fourth-order valence-electron chi connectivity index (χ4n) is 3.73. The van der Waals surface area contributed by atoms with Crippen LogP contribution >= 0.6 is 0 Å². The summed E-state index contributed by atoms with van der Waals surface area (Å²) < 4.78 is 4.87. The number of alkyl carbamates (subject to hydrolysis) is 1. The molecule has 7 nitrogen and oxygen atoms in total. The van der Waals surface area contributed by atoms with Crippen LogP contribution in [0.5, 0.6) is 0 Å². The quantitative estimate of drug-likeness (QED) is 0.299. The Hall–Kier alpha value is -1.99. The van der Waals surface area contributed by atoms with E-state index in [2.05, 4.69) is 6.92 Å². The monoisotopic (exact) mass is 437 g/mol. The van der Waals surface area contributed by atoms with E-state index in [-0.39, 0.29) is 36.6 Å². The number of ether oxygens (including phenoxy) is 1. The van der Waals surface area contributed by atoms with E-state index >= 15 is 0 Å².